The van der Waals surface area contributed by atoms with Crippen LogP contribution in [0.3, 0.4) is 0 Å². The second kappa shape index (κ2) is 10.5. The number of anilines is 1. The maximum Gasteiger partial charge on any atom is 0.401 e. The van der Waals surface area contributed by atoms with Gasteiger partial charge in [0.2, 0.25) is 5.91 Å². The third kappa shape index (κ3) is 7.37. The molecule has 0 radical (unpaired) electrons. The number of halogens is 7. The minimum atomic E-state index is -4.89. The summed E-state index contributed by atoms with van der Waals surface area (Å²) in [5.74, 6) is -0.299. The fourth-order valence-corrected chi connectivity index (χ4v) is 4.66. The largest absolute Gasteiger partial charge is 0.401 e. The zero-order chi connectivity index (χ0) is 24.1. The van der Waals surface area contributed by atoms with Gasteiger partial charge in [-0.15, -0.1) is 18.2 Å². The van der Waals surface area contributed by atoms with Crippen LogP contribution in [0.1, 0.15) is 18.5 Å². The van der Waals surface area contributed by atoms with Crippen LogP contribution in [-0.2, 0) is 4.79 Å². The number of terminal acetylenes is 1. The second-order valence-corrected chi connectivity index (χ2v) is 8.74. The molecule has 174 valence electrons. The van der Waals surface area contributed by atoms with E-state index >= 15 is 0 Å². The van der Waals surface area contributed by atoms with E-state index in [9.17, 15) is 35.5 Å². The van der Waals surface area contributed by atoms with Crippen LogP contribution in [0.2, 0.25) is 0 Å². The van der Waals surface area contributed by atoms with Crippen molar-refractivity contribution in [1.82, 2.24) is 9.97 Å². The van der Waals surface area contributed by atoms with Crippen molar-refractivity contribution in [2.45, 2.75) is 37.4 Å². The molecule has 2 aromatic rings. The summed E-state index contributed by atoms with van der Waals surface area (Å²) in [7, 11) is 0. The van der Waals surface area contributed by atoms with Gasteiger partial charge in [0.05, 0.1) is 24.9 Å². The van der Waals surface area contributed by atoms with Crippen LogP contribution in [0.5, 0.6) is 0 Å². The number of nitrogens with zero attached hydrogens (tertiary/aromatic N) is 3. The minimum absolute atomic E-state index is 0.0159. The molecule has 0 aliphatic rings. The number of thioether (sulfide) groups is 1. The first-order valence-corrected chi connectivity index (χ1v) is 10.8. The Labute approximate surface area is 187 Å². The Hall–Kier alpha value is -2.33. The minimum Gasteiger partial charge on any atom is -0.290 e. The van der Waals surface area contributed by atoms with E-state index in [-0.39, 0.29) is 34.0 Å². The smallest absolute Gasteiger partial charge is 0.290 e. The van der Waals surface area contributed by atoms with Gasteiger partial charge in [-0.1, -0.05) is 17.3 Å². The van der Waals surface area contributed by atoms with Crippen molar-refractivity contribution in [3.63, 3.8) is 0 Å². The Morgan fingerprint density at radius 3 is 2.53 bits per heavy atom. The van der Waals surface area contributed by atoms with Gasteiger partial charge < -0.3 is 0 Å². The Balaban J connectivity index is 2.25. The monoisotopic (exact) mass is 499 g/mol. The first-order valence-electron chi connectivity index (χ1n) is 8.89. The van der Waals surface area contributed by atoms with Gasteiger partial charge in [0.25, 0.3) is 0 Å². The molecule has 4 nitrogen and oxygen atoms in total. The van der Waals surface area contributed by atoms with Crippen molar-refractivity contribution in [2.75, 3.05) is 17.2 Å². The van der Waals surface area contributed by atoms with Gasteiger partial charge in [-0.3, -0.25) is 14.7 Å². The molecule has 1 unspecified atom stereocenters. The number of amides is 1. The zero-order valence-corrected chi connectivity index (χ0v) is 18.1. The maximum absolute atomic E-state index is 13.4. The summed E-state index contributed by atoms with van der Waals surface area (Å²) in [5.41, 5.74) is 0.569. The van der Waals surface area contributed by atoms with Gasteiger partial charge >= 0.3 is 12.4 Å². The van der Waals surface area contributed by atoms with E-state index in [1.807, 2.05) is 0 Å². The third-order valence-corrected chi connectivity index (χ3v) is 6.45. The van der Waals surface area contributed by atoms with Crippen LogP contribution < -0.4 is 4.90 Å². The Bertz CT molecular complexity index is 983. The molecule has 2 heterocycles. The molecule has 0 saturated heterocycles. The lowest BCUT2D eigenvalue weighted by atomic mass is 10.2. The van der Waals surface area contributed by atoms with E-state index in [4.69, 9.17) is 6.42 Å². The summed E-state index contributed by atoms with van der Waals surface area (Å²) in [6.07, 6.45) is -4.43. The average molecular weight is 499 g/mol. The molecule has 0 aliphatic heterocycles. The van der Waals surface area contributed by atoms with Gasteiger partial charge in [0, 0.05) is 23.9 Å². The summed E-state index contributed by atoms with van der Waals surface area (Å²) < 4.78 is 90.3. The van der Waals surface area contributed by atoms with Crippen molar-refractivity contribution in [3.05, 3.63) is 30.0 Å². The average Bonchev–Trinajstić information content (AvgIpc) is 3.05. The third-order valence-electron chi connectivity index (χ3n) is 3.95. The number of hydrogen-bond acceptors (Lipinski definition) is 5. The summed E-state index contributed by atoms with van der Waals surface area (Å²) >= 11 is 0.924. The van der Waals surface area contributed by atoms with Crippen LogP contribution in [0.25, 0.3) is 10.6 Å². The first kappa shape index (κ1) is 25.9. The number of thiazole rings is 1. The molecule has 2 rings (SSSR count). The highest BCUT2D eigenvalue weighted by atomic mass is 32.2. The van der Waals surface area contributed by atoms with E-state index in [1.165, 1.54) is 13.1 Å². The Kier molecular flexibility index (Phi) is 8.53. The van der Waals surface area contributed by atoms with E-state index in [2.05, 4.69) is 15.9 Å². The highest BCUT2D eigenvalue weighted by Gasteiger charge is 2.43. The standard InChI is InChI=1S/C19H16F7N3OS2/c1-3-5-29(15(30)8-14(19(24,25)26)31-6-4-18(21,22)23)17-11(2)28-16(32-17)12-7-13(20)10-27-9-12/h1,7,9-10,14H,4-6,8H2,2H3. The van der Waals surface area contributed by atoms with Gasteiger partial charge in [-0.25, -0.2) is 9.37 Å². The maximum atomic E-state index is 13.4. The van der Waals surface area contributed by atoms with Crippen molar-refractivity contribution in [2.24, 2.45) is 0 Å². The summed E-state index contributed by atoms with van der Waals surface area (Å²) in [5, 5.41) is -1.91. The number of carbonyl (C=O) groups is 1. The van der Waals surface area contributed by atoms with E-state index in [0.29, 0.717) is 5.56 Å². The predicted molar refractivity (Wildman–Crippen MR) is 109 cm³/mol. The van der Waals surface area contributed by atoms with Crippen molar-refractivity contribution in [1.29, 1.82) is 0 Å². The molecule has 0 saturated carbocycles. The van der Waals surface area contributed by atoms with Crippen LogP contribution in [0, 0.1) is 25.1 Å². The summed E-state index contributed by atoms with van der Waals surface area (Å²) in [6.45, 7) is 1.12. The number of pyridine rings is 1. The second-order valence-electron chi connectivity index (χ2n) is 6.46. The highest BCUT2D eigenvalue weighted by Crippen LogP contribution is 2.38. The lowest BCUT2D eigenvalue weighted by molar-refractivity contribution is -0.139. The lowest BCUT2D eigenvalue weighted by Gasteiger charge is -2.24. The molecule has 1 atom stereocenters. The number of alkyl halides is 6. The summed E-state index contributed by atoms with van der Waals surface area (Å²) in [6, 6.07) is 1.15. The zero-order valence-electron chi connectivity index (χ0n) is 16.4. The van der Waals surface area contributed by atoms with Crippen molar-refractivity contribution < 1.29 is 35.5 Å². The molecule has 1 amide bonds. The quantitative estimate of drug-likeness (QED) is 0.349. The molecule has 0 aromatic carbocycles. The Morgan fingerprint density at radius 1 is 1.28 bits per heavy atom. The number of rotatable bonds is 8. The topological polar surface area (TPSA) is 46.1 Å². The number of carbonyl (C=O) groups excluding carboxylic acids is 1. The van der Waals surface area contributed by atoms with E-state index in [1.54, 1.807) is 0 Å². The molecule has 2 aromatic heterocycles. The van der Waals surface area contributed by atoms with Crippen LogP contribution >= 0.6 is 23.1 Å². The molecule has 0 bridgehead atoms. The number of aromatic nitrogens is 2. The molecule has 0 aliphatic carbocycles. The van der Waals surface area contributed by atoms with Crippen LogP contribution in [0.4, 0.5) is 35.7 Å². The number of aryl methyl sites for hydroxylation is 1. The van der Waals surface area contributed by atoms with Crippen LogP contribution in [0.15, 0.2) is 18.5 Å². The molecule has 0 N–H and O–H groups in total. The normalized spacial score (nSPS) is 13.0. The highest BCUT2D eigenvalue weighted by molar-refractivity contribution is 8.00. The summed E-state index contributed by atoms with van der Waals surface area (Å²) in [4.78, 5) is 21.5. The molecule has 13 heteroatoms. The SMILES string of the molecule is C#CCN(C(=O)CC(SCCC(F)(F)F)C(F)(F)F)c1sc(-c2cncc(F)c2)nc1C. The lowest BCUT2D eigenvalue weighted by Crippen LogP contribution is -2.37. The molecule has 0 spiro atoms. The first-order chi connectivity index (χ1) is 14.8. The fraction of sp³-hybridized carbons (Fsp3) is 0.421. The number of hydrogen-bond donors (Lipinski definition) is 0. The van der Waals surface area contributed by atoms with Gasteiger partial charge in [-0.05, 0) is 13.0 Å². The molecular weight excluding hydrogens is 483 g/mol. The molecule has 32 heavy (non-hydrogen) atoms. The predicted octanol–water partition coefficient (Wildman–Crippen LogP) is 5.63. The van der Waals surface area contributed by atoms with E-state index < -0.39 is 47.9 Å². The van der Waals surface area contributed by atoms with Gasteiger partial charge in [0.1, 0.15) is 21.1 Å². The fourth-order valence-electron chi connectivity index (χ4n) is 2.51. The Morgan fingerprint density at radius 2 is 1.97 bits per heavy atom. The van der Waals surface area contributed by atoms with Gasteiger partial charge in [-0.2, -0.15) is 26.3 Å². The van der Waals surface area contributed by atoms with Crippen molar-refractivity contribution in [3.8, 4) is 22.9 Å². The van der Waals surface area contributed by atoms with Crippen molar-refractivity contribution >= 4 is 34.0 Å². The van der Waals surface area contributed by atoms with E-state index in [0.717, 1.165) is 28.5 Å². The van der Waals surface area contributed by atoms with Crippen LogP contribution in [-0.4, -0.2) is 45.8 Å². The van der Waals surface area contributed by atoms with Gasteiger partial charge in [0.15, 0.2) is 0 Å². The molecule has 0 fully saturated rings. The molecular formula is C19H16F7N3OS2.